The Balaban J connectivity index is 1.81. The summed E-state index contributed by atoms with van der Waals surface area (Å²) in [5, 5.41) is 6.12. The zero-order valence-electron chi connectivity index (χ0n) is 16.7. The molecule has 4 rings (SSSR count). The Bertz CT molecular complexity index is 1260. The molecule has 0 aliphatic carbocycles. The van der Waals surface area contributed by atoms with Gasteiger partial charge in [0.25, 0.3) is 0 Å². The highest BCUT2D eigenvalue weighted by Gasteiger charge is 2.19. The number of amides is 1. The lowest BCUT2D eigenvalue weighted by molar-refractivity contribution is -0.111. The predicted octanol–water partition coefficient (Wildman–Crippen LogP) is 6.68. The molecule has 0 fully saturated rings. The highest BCUT2D eigenvalue weighted by Crippen LogP contribution is 2.40. The molecular weight excluding hydrogens is 464 g/mol. The molecule has 2 aromatic carbocycles. The number of aryl methyl sites for hydroxylation is 1. The van der Waals surface area contributed by atoms with Gasteiger partial charge in [0.05, 0.1) is 13.4 Å². The second-order valence-electron chi connectivity index (χ2n) is 6.77. The van der Waals surface area contributed by atoms with Crippen molar-refractivity contribution >= 4 is 54.8 Å². The zero-order valence-corrected chi connectivity index (χ0v) is 19.1. The van der Waals surface area contributed by atoms with E-state index < -0.39 is 0 Å². The minimum Gasteiger partial charge on any atom is -0.496 e. The maximum absolute atomic E-state index is 12.4. The van der Waals surface area contributed by atoms with Crippen LogP contribution in [0.25, 0.3) is 27.7 Å². The topological polar surface area (TPSA) is 64.4 Å². The number of allylic oxidation sites excluding steroid dienone is 1. The first-order valence-electron chi connectivity index (χ1n) is 9.22. The summed E-state index contributed by atoms with van der Waals surface area (Å²) in [5.41, 5.74) is 5.31. The molecule has 152 valence electrons. The molecule has 4 aromatic rings. The summed E-state index contributed by atoms with van der Waals surface area (Å²) in [4.78, 5) is 16.5. The largest absolute Gasteiger partial charge is 0.496 e. The van der Waals surface area contributed by atoms with Crippen molar-refractivity contribution in [3.05, 3.63) is 69.8 Å². The smallest absolute Gasteiger partial charge is 0.250 e. The van der Waals surface area contributed by atoms with Gasteiger partial charge in [-0.15, -0.1) is 11.3 Å². The minimum atomic E-state index is -0.235. The molecule has 0 aliphatic heterocycles. The number of ether oxygens (including phenoxy) is 1. The van der Waals surface area contributed by atoms with E-state index in [1.807, 2.05) is 49.6 Å². The molecular formula is C23H19BrN2O3S. The van der Waals surface area contributed by atoms with Crippen LogP contribution in [0.5, 0.6) is 5.75 Å². The van der Waals surface area contributed by atoms with Crippen molar-refractivity contribution in [1.29, 1.82) is 0 Å². The highest BCUT2D eigenvalue weighted by molar-refractivity contribution is 9.10. The lowest BCUT2D eigenvalue weighted by atomic mass is 9.96. The molecule has 0 aliphatic rings. The van der Waals surface area contributed by atoms with Crippen molar-refractivity contribution < 1.29 is 13.9 Å². The number of thiazole rings is 1. The summed E-state index contributed by atoms with van der Waals surface area (Å²) >= 11 is 4.90. The van der Waals surface area contributed by atoms with Crippen molar-refractivity contribution in [3.63, 3.8) is 0 Å². The number of carbonyl (C=O) groups excluding carboxylic acids is 1. The Morgan fingerprint density at radius 2 is 2.17 bits per heavy atom. The summed E-state index contributed by atoms with van der Waals surface area (Å²) in [6, 6.07) is 10.1. The fourth-order valence-electron chi connectivity index (χ4n) is 3.45. The monoisotopic (exact) mass is 482 g/mol. The van der Waals surface area contributed by atoms with Crippen LogP contribution in [0.2, 0.25) is 0 Å². The number of nitrogens with zero attached hydrogens (tertiary/aromatic N) is 1. The summed E-state index contributed by atoms with van der Waals surface area (Å²) in [6.45, 7) is 3.85. The van der Waals surface area contributed by atoms with Crippen LogP contribution in [0.3, 0.4) is 0 Å². The van der Waals surface area contributed by atoms with Crippen LogP contribution in [0.15, 0.2) is 63.1 Å². The molecule has 0 unspecified atom stereocenters. The van der Waals surface area contributed by atoms with Crippen LogP contribution in [-0.4, -0.2) is 18.0 Å². The number of anilines is 1. The van der Waals surface area contributed by atoms with Crippen LogP contribution in [-0.2, 0) is 4.79 Å². The number of benzene rings is 2. The van der Waals surface area contributed by atoms with E-state index in [0.717, 1.165) is 43.3 Å². The number of hydrogen-bond donors (Lipinski definition) is 1. The Labute approximate surface area is 186 Å². The third-order valence-electron chi connectivity index (χ3n) is 4.82. The lowest BCUT2D eigenvalue weighted by Gasteiger charge is -2.13. The van der Waals surface area contributed by atoms with Gasteiger partial charge in [-0.1, -0.05) is 28.1 Å². The van der Waals surface area contributed by atoms with Crippen LogP contribution in [0, 0.1) is 6.92 Å². The second-order valence-corrected chi connectivity index (χ2v) is 8.58. The molecule has 1 N–H and O–H groups in total. The molecule has 5 nitrogen and oxygen atoms in total. The maximum Gasteiger partial charge on any atom is 0.250 e. The number of hydrogen-bond acceptors (Lipinski definition) is 5. The number of rotatable bonds is 5. The third-order valence-corrected chi connectivity index (χ3v) is 6.00. The van der Waals surface area contributed by atoms with Gasteiger partial charge in [-0.2, -0.15) is 0 Å². The number of furan rings is 1. The number of fused-ring (bicyclic) bond motifs is 1. The van der Waals surface area contributed by atoms with E-state index in [-0.39, 0.29) is 5.91 Å². The number of nitrogens with one attached hydrogen (secondary N) is 1. The fourth-order valence-corrected chi connectivity index (χ4v) is 4.38. The van der Waals surface area contributed by atoms with E-state index >= 15 is 0 Å². The SMILES string of the molecule is COc1c(/C(C)=C/C(=O)Nc2nccs2)cc2c(-c3cccc(Br)c3)coc2c1C. The molecule has 2 heterocycles. The molecule has 0 saturated carbocycles. The van der Waals surface area contributed by atoms with Crippen LogP contribution in [0.4, 0.5) is 5.13 Å². The van der Waals surface area contributed by atoms with Crippen molar-refractivity contribution in [2.24, 2.45) is 0 Å². The lowest BCUT2D eigenvalue weighted by Crippen LogP contribution is -2.08. The average Bonchev–Trinajstić information content (AvgIpc) is 3.37. The van der Waals surface area contributed by atoms with Crippen molar-refractivity contribution in [2.45, 2.75) is 13.8 Å². The van der Waals surface area contributed by atoms with E-state index in [1.54, 1.807) is 25.6 Å². The number of halogens is 1. The van der Waals surface area contributed by atoms with Crippen molar-refractivity contribution in [3.8, 4) is 16.9 Å². The molecule has 0 radical (unpaired) electrons. The van der Waals surface area contributed by atoms with E-state index in [4.69, 9.17) is 9.15 Å². The van der Waals surface area contributed by atoms with Gasteiger partial charge in [0.1, 0.15) is 11.3 Å². The average molecular weight is 483 g/mol. The minimum absolute atomic E-state index is 0.235. The van der Waals surface area contributed by atoms with Crippen LogP contribution >= 0.6 is 27.3 Å². The maximum atomic E-state index is 12.4. The normalized spacial score (nSPS) is 11.7. The van der Waals surface area contributed by atoms with Gasteiger partial charge in [-0.25, -0.2) is 4.98 Å². The summed E-state index contributed by atoms with van der Waals surface area (Å²) in [7, 11) is 1.62. The fraction of sp³-hybridized carbons (Fsp3) is 0.130. The van der Waals surface area contributed by atoms with E-state index in [0.29, 0.717) is 10.9 Å². The molecule has 1 amide bonds. The van der Waals surface area contributed by atoms with E-state index in [2.05, 4.69) is 26.2 Å². The Morgan fingerprint density at radius 1 is 1.33 bits per heavy atom. The molecule has 0 saturated heterocycles. The molecule has 30 heavy (non-hydrogen) atoms. The number of methoxy groups -OCH3 is 1. The van der Waals surface area contributed by atoms with Gasteiger partial charge >= 0.3 is 0 Å². The first-order chi connectivity index (χ1) is 14.5. The Morgan fingerprint density at radius 3 is 2.87 bits per heavy atom. The molecule has 0 atom stereocenters. The first-order valence-corrected chi connectivity index (χ1v) is 10.9. The van der Waals surface area contributed by atoms with Crippen molar-refractivity contribution in [2.75, 3.05) is 12.4 Å². The summed E-state index contributed by atoms with van der Waals surface area (Å²) in [5.74, 6) is 0.454. The van der Waals surface area contributed by atoms with E-state index in [9.17, 15) is 4.79 Å². The zero-order chi connectivity index (χ0) is 21.3. The van der Waals surface area contributed by atoms with Crippen LogP contribution < -0.4 is 10.1 Å². The van der Waals surface area contributed by atoms with E-state index in [1.165, 1.54) is 11.3 Å². The van der Waals surface area contributed by atoms with Gasteiger partial charge in [-0.3, -0.25) is 10.1 Å². The van der Waals surface area contributed by atoms with Gasteiger partial charge < -0.3 is 9.15 Å². The molecule has 7 heteroatoms. The number of carbonyl (C=O) groups is 1. The quantitative estimate of drug-likeness (QED) is 0.322. The first kappa shape index (κ1) is 20.4. The molecule has 0 spiro atoms. The van der Waals surface area contributed by atoms with Gasteiger partial charge in [0.2, 0.25) is 5.91 Å². The van der Waals surface area contributed by atoms with Gasteiger partial charge in [0.15, 0.2) is 5.13 Å². The second kappa shape index (κ2) is 8.45. The highest BCUT2D eigenvalue weighted by atomic mass is 79.9. The predicted molar refractivity (Wildman–Crippen MR) is 125 cm³/mol. The number of aromatic nitrogens is 1. The summed E-state index contributed by atoms with van der Waals surface area (Å²) in [6.07, 6.45) is 4.97. The Kier molecular flexibility index (Phi) is 5.74. The third kappa shape index (κ3) is 3.91. The van der Waals surface area contributed by atoms with Gasteiger partial charge in [0, 0.05) is 44.2 Å². The van der Waals surface area contributed by atoms with Gasteiger partial charge in [-0.05, 0) is 43.2 Å². The Hall–Kier alpha value is -2.90. The van der Waals surface area contributed by atoms with Crippen molar-refractivity contribution in [1.82, 2.24) is 4.98 Å². The molecule has 2 aromatic heterocycles. The summed E-state index contributed by atoms with van der Waals surface area (Å²) < 4.78 is 12.6. The molecule has 0 bridgehead atoms. The van der Waals surface area contributed by atoms with Crippen LogP contribution in [0.1, 0.15) is 18.1 Å². The standard InChI is InChI=1S/C23H19BrN2O3S/c1-13(9-20(27)26-23-25-7-8-30-23)17-11-18-19(15-5-4-6-16(24)10-15)12-29-22(18)14(2)21(17)28-3/h4-12H,1-3H3,(H,25,26,27)/b13-9+.